The van der Waals surface area contributed by atoms with Crippen LogP contribution in [0.5, 0.6) is 17.4 Å². The lowest BCUT2D eigenvalue weighted by Gasteiger charge is -2.19. The second kappa shape index (κ2) is 15.3. The summed E-state index contributed by atoms with van der Waals surface area (Å²) in [4.78, 5) is 44.3. The van der Waals surface area contributed by atoms with Crippen molar-refractivity contribution in [1.82, 2.24) is 19.9 Å². The van der Waals surface area contributed by atoms with Gasteiger partial charge in [-0.3, -0.25) is 4.79 Å². The minimum Gasteiger partial charge on any atom is -0.496 e. The van der Waals surface area contributed by atoms with E-state index in [0.717, 1.165) is 16.0 Å². The zero-order valence-corrected chi connectivity index (χ0v) is 28.7. The molecule has 0 aliphatic carbocycles. The molecular weight excluding hydrogens is 715 g/mol. The number of fused-ring (bicyclic) bond motifs is 1. The molecule has 0 amide bonds. The largest absolute Gasteiger partial charge is 0.496 e. The number of ether oxygens (including phenoxy) is 4. The number of aldehydes is 1. The summed E-state index contributed by atoms with van der Waals surface area (Å²) in [5.41, 5.74) is 3.03. The van der Waals surface area contributed by atoms with Gasteiger partial charge in [-0.15, -0.1) is 11.3 Å². The molecule has 0 N–H and O–H groups in total. The zero-order chi connectivity index (χ0) is 34.3. The SMILES string of the molecule is CCOC(=O)[C@@H](Cc1cc(C=O)ccc1OCc1ccnc(-c2ccccc2OC)n1)Oc1ncnc2sc(-c3ccc(F)cc3)c(Br)c12. The molecule has 3 aromatic carbocycles. The summed E-state index contributed by atoms with van der Waals surface area (Å²) in [5.74, 6) is 0.712. The Morgan fingerprint density at radius 3 is 2.61 bits per heavy atom. The molecule has 49 heavy (non-hydrogen) atoms. The van der Waals surface area contributed by atoms with Crippen LogP contribution in [0.15, 0.2) is 89.8 Å². The van der Waals surface area contributed by atoms with Crippen molar-refractivity contribution in [2.24, 2.45) is 0 Å². The van der Waals surface area contributed by atoms with Gasteiger partial charge < -0.3 is 18.9 Å². The number of aromatic nitrogens is 4. The Kier molecular flexibility index (Phi) is 10.5. The topological polar surface area (TPSA) is 123 Å². The van der Waals surface area contributed by atoms with Gasteiger partial charge in [0.15, 0.2) is 5.82 Å². The van der Waals surface area contributed by atoms with Crippen LogP contribution in [0.3, 0.4) is 0 Å². The van der Waals surface area contributed by atoms with Gasteiger partial charge in [0.2, 0.25) is 12.0 Å². The average molecular weight is 744 g/mol. The number of carbonyl (C=O) groups is 2. The fourth-order valence-electron chi connectivity index (χ4n) is 5.05. The first-order valence-corrected chi connectivity index (χ1v) is 16.7. The molecule has 0 radical (unpaired) electrons. The van der Waals surface area contributed by atoms with Crippen molar-refractivity contribution in [1.29, 1.82) is 0 Å². The van der Waals surface area contributed by atoms with Gasteiger partial charge in [0, 0.05) is 18.2 Å². The molecule has 13 heteroatoms. The van der Waals surface area contributed by atoms with Crippen LogP contribution in [0.25, 0.3) is 32.0 Å². The molecule has 10 nitrogen and oxygen atoms in total. The highest BCUT2D eigenvalue weighted by Gasteiger charge is 2.28. The number of para-hydroxylation sites is 1. The zero-order valence-electron chi connectivity index (χ0n) is 26.3. The average Bonchev–Trinajstić information content (AvgIpc) is 3.47. The van der Waals surface area contributed by atoms with E-state index >= 15 is 0 Å². The minimum atomic E-state index is -1.17. The van der Waals surface area contributed by atoms with E-state index in [-0.39, 0.29) is 31.3 Å². The molecule has 1 atom stereocenters. The highest BCUT2D eigenvalue weighted by molar-refractivity contribution is 9.10. The Labute approximate surface area is 293 Å². The summed E-state index contributed by atoms with van der Waals surface area (Å²) in [6.45, 7) is 1.89. The summed E-state index contributed by atoms with van der Waals surface area (Å²) in [6, 6.07) is 20.2. The first-order chi connectivity index (χ1) is 23.9. The molecule has 0 spiro atoms. The third-order valence-electron chi connectivity index (χ3n) is 7.37. The van der Waals surface area contributed by atoms with E-state index < -0.39 is 12.1 Å². The predicted octanol–water partition coefficient (Wildman–Crippen LogP) is 7.67. The van der Waals surface area contributed by atoms with Crippen molar-refractivity contribution in [3.63, 3.8) is 0 Å². The van der Waals surface area contributed by atoms with Gasteiger partial charge in [-0.05, 0) is 82.5 Å². The quantitative estimate of drug-likeness (QED) is 0.0861. The van der Waals surface area contributed by atoms with E-state index in [4.69, 9.17) is 18.9 Å². The Morgan fingerprint density at radius 2 is 1.84 bits per heavy atom. The number of hydrogen-bond acceptors (Lipinski definition) is 11. The molecule has 6 rings (SSSR count). The molecule has 0 saturated heterocycles. The first-order valence-electron chi connectivity index (χ1n) is 15.1. The Hall–Kier alpha value is -5.27. The standard InChI is InChI=1S/C36H28BrFN4O6S/c1-3-46-36(44)29(48-34-30-31(37)32(49-35(30)41-20-40-34)22-9-11-24(38)12-10-22)17-23-16-21(18-43)8-13-27(23)47-19-25-14-15-39-33(42-25)26-6-4-5-7-28(26)45-2/h4-16,18,20,29H,3,17,19H2,1-2H3/t29-/m1/s1. The Morgan fingerprint density at radius 1 is 1.02 bits per heavy atom. The molecule has 3 heterocycles. The van der Waals surface area contributed by atoms with Crippen LogP contribution in [-0.4, -0.2) is 52.0 Å². The summed E-state index contributed by atoms with van der Waals surface area (Å²) >= 11 is 5.02. The van der Waals surface area contributed by atoms with E-state index in [1.807, 2.05) is 24.3 Å². The van der Waals surface area contributed by atoms with Gasteiger partial charge in [-0.1, -0.05) is 24.3 Å². The lowest BCUT2D eigenvalue weighted by atomic mass is 10.0. The van der Waals surface area contributed by atoms with Crippen LogP contribution in [0.1, 0.15) is 28.5 Å². The van der Waals surface area contributed by atoms with Crippen LogP contribution in [0, 0.1) is 5.82 Å². The van der Waals surface area contributed by atoms with Crippen molar-refractivity contribution < 1.29 is 32.9 Å². The van der Waals surface area contributed by atoms with Gasteiger partial charge in [0.25, 0.3) is 0 Å². The normalized spacial score (nSPS) is 11.6. The van der Waals surface area contributed by atoms with E-state index in [1.165, 1.54) is 29.8 Å². The maximum absolute atomic E-state index is 13.6. The molecule has 0 unspecified atom stereocenters. The first kappa shape index (κ1) is 33.6. The highest BCUT2D eigenvalue weighted by Crippen LogP contribution is 2.44. The summed E-state index contributed by atoms with van der Waals surface area (Å²) in [5, 5.41) is 0.550. The number of hydrogen-bond donors (Lipinski definition) is 0. The molecule has 6 aromatic rings. The monoisotopic (exact) mass is 742 g/mol. The van der Waals surface area contributed by atoms with Gasteiger partial charge in [-0.2, -0.15) is 0 Å². The maximum Gasteiger partial charge on any atom is 0.347 e. The fourth-order valence-corrected chi connectivity index (χ4v) is 7.04. The molecule has 248 valence electrons. The summed E-state index contributed by atoms with van der Waals surface area (Å²) < 4.78 is 37.6. The van der Waals surface area contributed by atoms with Crippen LogP contribution in [0.2, 0.25) is 0 Å². The highest BCUT2D eigenvalue weighted by atomic mass is 79.9. The molecule has 0 bridgehead atoms. The lowest BCUT2D eigenvalue weighted by Crippen LogP contribution is -2.32. The summed E-state index contributed by atoms with van der Waals surface area (Å²) in [7, 11) is 1.58. The van der Waals surface area contributed by atoms with Crippen molar-refractivity contribution >= 4 is 49.7 Å². The number of rotatable bonds is 13. The van der Waals surface area contributed by atoms with Gasteiger partial charge in [0.05, 0.1) is 39.7 Å². The van der Waals surface area contributed by atoms with Crippen molar-refractivity contribution in [3.05, 3.63) is 112 Å². The maximum atomic E-state index is 13.6. The van der Waals surface area contributed by atoms with Gasteiger partial charge >= 0.3 is 5.97 Å². The minimum absolute atomic E-state index is 0.00977. The second-order valence-corrected chi connectivity index (χ2v) is 12.3. The van der Waals surface area contributed by atoms with E-state index in [0.29, 0.717) is 55.1 Å². The number of esters is 1. The van der Waals surface area contributed by atoms with Crippen molar-refractivity contribution in [2.75, 3.05) is 13.7 Å². The van der Waals surface area contributed by atoms with Crippen LogP contribution in [0.4, 0.5) is 4.39 Å². The van der Waals surface area contributed by atoms with E-state index in [2.05, 4.69) is 35.9 Å². The third-order valence-corrected chi connectivity index (χ3v) is 9.57. The van der Waals surface area contributed by atoms with Crippen molar-refractivity contribution in [2.45, 2.75) is 26.1 Å². The fraction of sp³-hybridized carbons (Fsp3) is 0.167. The third kappa shape index (κ3) is 7.58. The molecular formula is C36H28BrFN4O6S. The molecule has 3 aromatic heterocycles. The Balaban J connectivity index is 1.29. The van der Waals surface area contributed by atoms with Gasteiger partial charge in [-0.25, -0.2) is 29.1 Å². The number of thiophene rings is 1. The number of methoxy groups -OCH3 is 1. The van der Waals surface area contributed by atoms with Crippen LogP contribution < -0.4 is 14.2 Å². The Bertz CT molecular complexity index is 2130. The van der Waals surface area contributed by atoms with E-state index in [1.54, 1.807) is 56.6 Å². The van der Waals surface area contributed by atoms with E-state index in [9.17, 15) is 14.0 Å². The molecule has 0 aliphatic rings. The van der Waals surface area contributed by atoms with Crippen LogP contribution >= 0.6 is 27.3 Å². The predicted molar refractivity (Wildman–Crippen MR) is 185 cm³/mol. The number of benzene rings is 3. The van der Waals surface area contributed by atoms with Gasteiger partial charge in [0.1, 0.15) is 41.4 Å². The molecule has 0 fully saturated rings. The second-order valence-electron chi connectivity index (χ2n) is 10.5. The number of halogens is 2. The van der Waals surface area contributed by atoms with Crippen molar-refractivity contribution in [3.8, 4) is 39.2 Å². The summed E-state index contributed by atoms with van der Waals surface area (Å²) in [6.07, 6.45) is 2.52. The smallest absolute Gasteiger partial charge is 0.347 e. The number of carbonyl (C=O) groups excluding carboxylic acids is 2. The lowest BCUT2D eigenvalue weighted by molar-refractivity contribution is -0.151. The van der Waals surface area contributed by atoms with Crippen LogP contribution in [-0.2, 0) is 22.6 Å². The number of nitrogens with zero attached hydrogens (tertiary/aromatic N) is 4. The molecule has 0 aliphatic heterocycles. The molecule has 0 saturated carbocycles.